The SMILES string of the molecule is CCc1cnc(CN2C(=O)C(C)(C3CC3)NC(=O)C2C)o1. The largest absolute Gasteiger partial charge is 0.444 e. The van der Waals surface area contributed by atoms with Crippen LogP contribution in [0.25, 0.3) is 0 Å². The van der Waals surface area contributed by atoms with Crippen LogP contribution in [0.2, 0.25) is 0 Å². The number of aryl methyl sites for hydroxylation is 1. The van der Waals surface area contributed by atoms with E-state index in [-0.39, 0.29) is 24.3 Å². The first-order valence-corrected chi connectivity index (χ1v) is 7.52. The zero-order valence-corrected chi connectivity index (χ0v) is 12.7. The van der Waals surface area contributed by atoms with Crippen molar-refractivity contribution >= 4 is 11.8 Å². The van der Waals surface area contributed by atoms with E-state index in [1.807, 2.05) is 13.8 Å². The van der Waals surface area contributed by atoms with Crippen LogP contribution in [0.5, 0.6) is 0 Å². The van der Waals surface area contributed by atoms with Crippen molar-refractivity contribution in [3.63, 3.8) is 0 Å². The zero-order valence-electron chi connectivity index (χ0n) is 12.7. The Morgan fingerprint density at radius 3 is 2.76 bits per heavy atom. The zero-order chi connectivity index (χ0) is 15.2. The third kappa shape index (κ3) is 2.32. The summed E-state index contributed by atoms with van der Waals surface area (Å²) < 4.78 is 5.58. The predicted octanol–water partition coefficient (Wildman–Crippen LogP) is 1.25. The maximum atomic E-state index is 12.8. The normalized spacial score (nSPS) is 29.7. The van der Waals surface area contributed by atoms with Gasteiger partial charge in [-0.25, -0.2) is 4.98 Å². The number of amides is 2. The fraction of sp³-hybridized carbons (Fsp3) is 0.667. The van der Waals surface area contributed by atoms with Gasteiger partial charge in [-0.15, -0.1) is 0 Å². The van der Waals surface area contributed by atoms with Crippen LogP contribution in [-0.4, -0.2) is 33.3 Å². The van der Waals surface area contributed by atoms with E-state index in [1.54, 1.807) is 18.0 Å². The molecule has 2 fully saturated rings. The molecule has 0 radical (unpaired) electrons. The molecule has 2 atom stereocenters. The lowest BCUT2D eigenvalue weighted by Crippen LogP contribution is -2.69. The standard InChI is InChI=1S/C15H21N3O3/c1-4-11-7-16-12(21-11)8-18-9(2)13(19)17-15(3,14(18)20)10-5-6-10/h7,9-10H,4-6,8H2,1-3H3,(H,17,19). The van der Waals surface area contributed by atoms with Crippen LogP contribution in [0.3, 0.4) is 0 Å². The number of hydrogen-bond acceptors (Lipinski definition) is 4. The van der Waals surface area contributed by atoms with Gasteiger partial charge in [-0.05, 0) is 32.6 Å². The molecule has 1 aromatic rings. The Hall–Kier alpha value is -1.85. The van der Waals surface area contributed by atoms with Crippen molar-refractivity contribution in [2.45, 2.75) is 58.2 Å². The molecule has 0 aromatic carbocycles. The number of rotatable bonds is 4. The van der Waals surface area contributed by atoms with E-state index in [0.717, 1.165) is 25.0 Å². The molecular formula is C15H21N3O3. The van der Waals surface area contributed by atoms with Crippen molar-refractivity contribution in [1.29, 1.82) is 0 Å². The highest BCUT2D eigenvalue weighted by molar-refractivity contribution is 5.99. The molecule has 1 N–H and O–H groups in total. The summed E-state index contributed by atoms with van der Waals surface area (Å²) in [6.07, 6.45) is 4.42. The van der Waals surface area contributed by atoms with E-state index in [4.69, 9.17) is 4.42 Å². The van der Waals surface area contributed by atoms with Gasteiger partial charge in [-0.1, -0.05) is 6.92 Å². The highest BCUT2D eigenvalue weighted by Gasteiger charge is 2.54. The number of hydrogen-bond donors (Lipinski definition) is 1. The van der Waals surface area contributed by atoms with E-state index in [2.05, 4.69) is 10.3 Å². The summed E-state index contributed by atoms with van der Waals surface area (Å²) in [4.78, 5) is 30.8. The summed E-state index contributed by atoms with van der Waals surface area (Å²) in [6, 6.07) is -0.499. The van der Waals surface area contributed by atoms with Gasteiger partial charge in [0, 0.05) is 6.42 Å². The van der Waals surface area contributed by atoms with Crippen molar-refractivity contribution < 1.29 is 14.0 Å². The molecule has 2 aliphatic rings. The molecule has 0 spiro atoms. The fourth-order valence-corrected chi connectivity index (χ4v) is 2.91. The maximum Gasteiger partial charge on any atom is 0.249 e. The van der Waals surface area contributed by atoms with Gasteiger partial charge < -0.3 is 14.6 Å². The average Bonchev–Trinajstić information content (AvgIpc) is 3.22. The third-order valence-corrected chi connectivity index (χ3v) is 4.58. The van der Waals surface area contributed by atoms with E-state index >= 15 is 0 Å². The number of aromatic nitrogens is 1. The Labute approximate surface area is 123 Å². The number of nitrogens with one attached hydrogen (secondary N) is 1. The Morgan fingerprint density at radius 1 is 1.48 bits per heavy atom. The van der Waals surface area contributed by atoms with E-state index < -0.39 is 11.6 Å². The molecule has 1 aliphatic carbocycles. The predicted molar refractivity (Wildman–Crippen MR) is 75.2 cm³/mol. The molecule has 1 aromatic heterocycles. The second-order valence-electron chi connectivity index (χ2n) is 6.15. The lowest BCUT2D eigenvalue weighted by Gasteiger charge is -2.43. The number of carbonyl (C=O) groups is 2. The topological polar surface area (TPSA) is 75.4 Å². The molecule has 1 saturated heterocycles. The Morgan fingerprint density at radius 2 is 2.19 bits per heavy atom. The first-order chi connectivity index (χ1) is 9.95. The van der Waals surface area contributed by atoms with Crippen LogP contribution >= 0.6 is 0 Å². The lowest BCUT2D eigenvalue weighted by molar-refractivity contribution is -0.155. The summed E-state index contributed by atoms with van der Waals surface area (Å²) >= 11 is 0. The van der Waals surface area contributed by atoms with Gasteiger partial charge in [-0.3, -0.25) is 9.59 Å². The molecular weight excluding hydrogens is 270 g/mol. The molecule has 3 rings (SSSR count). The molecule has 6 nitrogen and oxygen atoms in total. The van der Waals surface area contributed by atoms with Crippen molar-refractivity contribution in [2.24, 2.45) is 5.92 Å². The highest BCUT2D eigenvalue weighted by Crippen LogP contribution is 2.42. The van der Waals surface area contributed by atoms with Crippen LogP contribution < -0.4 is 5.32 Å². The minimum atomic E-state index is -0.774. The van der Waals surface area contributed by atoms with Gasteiger partial charge in [0.25, 0.3) is 0 Å². The summed E-state index contributed by atoms with van der Waals surface area (Å²) in [6.45, 7) is 5.80. The van der Waals surface area contributed by atoms with E-state index in [9.17, 15) is 9.59 Å². The number of nitrogens with zero attached hydrogens (tertiary/aromatic N) is 2. The quantitative estimate of drug-likeness (QED) is 0.906. The molecule has 6 heteroatoms. The van der Waals surface area contributed by atoms with Crippen LogP contribution in [-0.2, 0) is 22.6 Å². The van der Waals surface area contributed by atoms with Crippen LogP contribution in [0.1, 0.15) is 45.3 Å². The Bertz CT molecular complexity index is 578. The van der Waals surface area contributed by atoms with Gasteiger partial charge in [0.1, 0.15) is 17.3 Å². The molecule has 2 amide bonds. The Kier molecular flexibility index (Phi) is 3.26. The van der Waals surface area contributed by atoms with Crippen molar-refractivity contribution in [3.8, 4) is 0 Å². The monoisotopic (exact) mass is 291 g/mol. The highest BCUT2D eigenvalue weighted by atomic mass is 16.4. The molecule has 114 valence electrons. The van der Waals surface area contributed by atoms with E-state index in [1.165, 1.54) is 0 Å². The minimum absolute atomic E-state index is 0.0339. The average molecular weight is 291 g/mol. The summed E-state index contributed by atoms with van der Waals surface area (Å²) in [5.41, 5.74) is -0.774. The van der Waals surface area contributed by atoms with Crippen LogP contribution in [0.15, 0.2) is 10.6 Å². The summed E-state index contributed by atoms with van der Waals surface area (Å²) in [5.74, 6) is 1.38. The summed E-state index contributed by atoms with van der Waals surface area (Å²) in [7, 11) is 0. The second-order valence-corrected chi connectivity index (χ2v) is 6.15. The maximum absolute atomic E-state index is 12.8. The molecule has 1 aliphatic heterocycles. The lowest BCUT2D eigenvalue weighted by atomic mass is 9.89. The molecule has 2 heterocycles. The molecule has 0 bridgehead atoms. The number of oxazole rings is 1. The van der Waals surface area contributed by atoms with Crippen molar-refractivity contribution in [2.75, 3.05) is 0 Å². The van der Waals surface area contributed by atoms with E-state index in [0.29, 0.717) is 5.89 Å². The molecule has 2 unspecified atom stereocenters. The molecule has 1 saturated carbocycles. The van der Waals surface area contributed by atoms with Gasteiger partial charge in [0.05, 0.1) is 12.7 Å². The van der Waals surface area contributed by atoms with Gasteiger partial charge in [0.15, 0.2) is 0 Å². The summed E-state index contributed by atoms with van der Waals surface area (Å²) in [5, 5.41) is 2.91. The third-order valence-electron chi connectivity index (χ3n) is 4.58. The van der Waals surface area contributed by atoms with Crippen LogP contribution in [0.4, 0.5) is 0 Å². The number of carbonyl (C=O) groups excluding carboxylic acids is 2. The van der Waals surface area contributed by atoms with Gasteiger partial charge in [0.2, 0.25) is 17.7 Å². The van der Waals surface area contributed by atoms with Crippen molar-refractivity contribution in [1.82, 2.24) is 15.2 Å². The van der Waals surface area contributed by atoms with Gasteiger partial charge in [-0.2, -0.15) is 0 Å². The first-order valence-electron chi connectivity index (χ1n) is 7.52. The van der Waals surface area contributed by atoms with Gasteiger partial charge >= 0.3 is 0 Å². The first kappa shape index (κ1) is 14.1. The van der Waals surface area contributed by atoms with Crippen molar-refractivity contribution in [3.05, 3.63) is 17.8 Å². The second kappa shape index (κ2) is 4.86. The number of piperazine rings is 1. The fourth-order valence-electron chi connectivity index (χ4n) is 2.91. The molecule has 21 heavy (non-hydrogen) atoms. The van der Waals surface area contributed by atoms with Crippen LogP contribution in [0, 0.1) is 5.92 Å². The Balaban J connectivity index is 1.84. The smallest absolute Gasteiger partial charge is 0.249 e. The minimum Gasteiger partial charge on any atom is -0.444 e.